The Morgan fingerprint density at radius 2 is 1.27 bits per heavy atom. The minimum Gasteiger partial charge on any atom is -0.478 e. The zero-order valence-corrected chi connectivity index (χ0v) is 23.4. The molecule has 7 rings (SSSR count). The van der Waals surface area contributed by atoms with E-state index in [9.17, 15) is 4.79 Å². The molecule has 0 fully saturated rings. The van der Waals surface area contributed by atoms with Gasteiger partial charge in [-0.1, -0.05) is 18.2 Å². The third kappa shape index (κ3) is 6.71. The van der Waals surface area contributed by atoms with Gasteiger partial charge in [0.2, 0.25) is 0 Å². The van der Waals surface area contributed by atoms with Crippen molar-refractivity contribution in [3.05, 3.63) is 146 Å². The van der Waals surface area contributed by atoms with E-state index in [4.69, 9.17) is 5.11 Å². The van der Waals surface area contributed by atoms with E-state index in [1.807, 2.05) is 91.3 Å². The zero-order chi connectivity index (χ0) is 26.9. The third-order valence-electron chi connectivity index (χ3n) is 5.60. The van der Waals surface area contributed by atoms with Gasteiger partial charge in [-0.2, -0.15) is 58.7 Å². The Morgan fingerprint density at radius 1 is 0.650 bits per heavy atom. The molecule has 7 aromatic rings. The second-order valence-corrected chi connectivity index (χ2v) is 8.10. The molecule has 3 aromatic carbocycles. The van der Waals surface area contributed by atoms with E-state index in [0.29, 0.717) is 10.9 Å². The number of aromatic carboxylic acids is 1. The Morgan fingerprint density at radius 3 is 1.80 bits per heavy atom. The van der Waals surface area contributed by atoms with Gasteiger partial charge in [-0.3, -0.25) is 19.3 Å². The molecule has 199 valence electrons. The zero-order valence-electron chi connectivity index (χ0n) is 21.0. The molecule has 1 radical (unpaired) electrons. The van der Waals surface area contributed by atoms with Gasteiger partial charge in [0, 0.05) is 68.1 Å². The molecule has 9 heteroatoms. The van der Waals surface area contributed by atoms with Crippen LogP contribution in [0.15, 0.2) is 128 Å². The second kappa shape index (κ2) is 13.7. The number of aromatic nitrogens is 6. The molecule has 0 bridgehead atoms. The van der Waals surface area contributed by atoms with Gasteiger partial charge in [0.05, 0.1) is 16.6 Å². The number of rotatable bonds is 3. The van der Waals surface area contributed by atoms with Crippen molar-refractivity contribution in [2.24, 2.45) is 0 Å². The molecule has 0 aliphatic carbocycles. The molecular weight excluding hydrogens is 681 g/mol. The summed E-state index contributed by atoms with van der Waals surface area (Å²) >= 11 is 0. The first-order valence-corrected chi connectivity index (χ1v) is 12.0. The summed E-state index contributed by atoms with van der Waals surface area (Å²) in [6.45, 7) is 0. The number of carboxylic acid groups (broad SMARTS) is 1. The molecular formula is C31H22IrN6O2-2. The Bertz CT molecular complexity index is 1710. The van der Waals surface area contributed by atoms with E-state index in [1.165, 1.54) is 12.3 Å². The van der Waals surface area contributed by atoms with Crippen molar-refractivity contribution >= 4 is 27.8 Å². The summed E-state index contributed by atoms with van der Waals surface area (Å²) in [5, 5.41) is 18.8. The summed E-state index contributed by atoms with van der Waals surface area (Å²) in [7, 11) is 0. The molecule has 0 unspecified atom stereocenters. The van der Waals surface area contributed by atoms with Crippen molar-refractivity contribution in [3.8, 4) is 11.4 Å². The second-order valence-electron chi connectivity index (χ2n) is 8.10. The number of hydrogen-bond acceptors (Lipinski definition) is 5. The molecule has 4 aromatic heterocycles. The predicted molar refractivity (Wildman–Crippen MR) is 149 cm³/mol. The molecule has 40 heavy (non-hydrogen) atoms. The third-order valence-corrected chi connectivity index (χ3v) is 5.60. The average molecular weight is 703 g/mol. The van der Waals surface area contributed by atoms with Crippen LogP contribution in [0.5, 0.6) is 0 Å². The van der Waals surface area contributed by atoms with Gasteiger partial charge >= 0.3 is 5.97 Å². The fraction of sp³-hybridized carbons (Fsp3) is 0. The fourth-order valence-electron chi connectivity index (χ4n) is 3.82. The van der Waals surface area contributed by atoms with Crippen molar-refractivity contribution in [2.75, 3.05) is 0 Å². The van der Waals surface area contributed by atoms with Crippen LogP contribution in [0.2, 0.25) is 0 Å². The van der Waals surface area contributed by atoms with E-state index in [2.05, 4.69) is 32.3 Å². The number of fused-ring (bicyclic) bond motifs is 3. The number of benzene rings is 3. The molecule has 1 N–H and O–H groups in total. The van der Waals surface area contributed by atoms with Crippen molar-refractivity contribution in [3.63, 3.8) is 0 Å². The molecule has 0 spiro atoms. The monoisotopic (exact) mass is 703 g/mol. The molecule has 0 atom stereocenters. The Kier molecular flexibility index (Phi) is 9.61. The average Bonchev–Trinajstić information content (AvgIpc) is 3.74. The number of nitrogens with zero attached hydrogens (tertiary/aromatic N) is 6. The Hall–Kier alpha value is -4.98. The number of pyridine rings is 2. The molecule has 0 amide bonds. The van der Waals surface area contributed by atoms with Crippen LogP contribution in [0.25, 0.3) is 33.2 Å². The van der Waals surface area contributed by atoms with Crippen LogP contribution in [0.1, 0.15) is 10.4 Å². The largest absolute Gasteiger partial charge is 0.478 e. The Labute approximate surface area is 243 Å². The van der Waals surface area contributed by atoms with Crippen LogP contribution in [-0.4, -0.2) is 40.6 Å². The minimum absolute atomic E-state index is 0. The number of hydrogen-bond donors (Lipinski definition) is 1. The maximum Gasteiger partial charge on any atom is 0.336 e. The van der Waals surface area contributed by atoms with Crippen molar-refractivity contribution in [1.29, 1.82) is 0 Å². The van der Waals surface area contributed by atoms with Gasteiger partial charge < -0.3 is 5.11 Å². The minimum atomic E-state index is -0.951. The smallest absolute Gasteiger partial charge is 0.336 e. The quantitative estimate of drug-likeness (QED) is 0.184. The van der Waals surface area contributed by atoms with E-state index in [0.717, 1.165) is 22.3 Å². The van der Waals surface area contributed by atoms with Crippen LogP contribution < -0.4 is 0 Å². The van der Waals surface area contributed by atoms with Crippen LogP contribution in [-0.2, 0) is 20.1 Å². The van der Waals surface area contributed by atoms with Crippen molar-refractivity contribution in [2.45, 2.75) is 0 Å². The fourth-order valence-corrected chi connectivity index (χ4v) is 3.82. The van der Waals surface area contributed by atoms with E-state index in [1.54, 1.807) is 34.0 Å². The maximum atomic E-state index is 11.1. The van der Waals surface area contributed by atoms with E-state index < -0.39 is 5.97 Å². The van der Waals surface area contributed by atoms with Gasteiger partial charge in [0.1, 0.15) is 0 Å². The summed E-state index contributed by atoms with van der Waals surface area (Å²) in [4.78, 5) is 19.6. The van der Waals surface area contributed by atoms with E-state index in [-0.39, 0.29) is 25.7 Å². The van der Waals surface area contributed by atoms with Gasteiger partial charge in [-0.25, -0.2) is 4.79 Å². The van der Waals surface area contributed by atoms with Crippen LogP contribution in [0, 0.1) is 12.1 Å². The van der Waals surface area contributed by atoms with E-state index >= 15 is 0 Å². The van der Waals surface area contributed by atoms with Crippen LogP contribution in [0.3, 0.4) is 0 Å². The van der Waals surface area contributed by atoms with Crippen molar-refractivity contribution < 1.29 is 30.0 Å². The summed E-state index contributed by atoms with van der Waals surface area (Å²) in [6.07, 6.45) is 10.5. The Balaban J connectivity index is 0.000000142. The first kappa shape index (κ1) is 28.0. The SMILES string of the molecule is O=C(O)c1ccnc2c1ccc1cccnc12.[Ir].[c-]1ccccc1-n1cccn1.[c-]1ccccc1-n1cccn1. The van der Waals surface area contributed by atoms with Crippen molar-refractivity contribution in [1.82, 2.24) is 29.5 Å². The molecule has 4 heterocycles. The van der Waals surface area contributed by atoms with Gasteiger partial charge in [-0.15, -0.1) is 12.1 Å². The molecule has 0 aliphatic rings. The molecule has 0 aliphatic heterocycles. The van der Waals surface area contributed by atoms with Gasteiger partial charge in [-0.05, 0) is 35.6 Å². The van der Waals surface area contributed by atoms with Gasteiger partial charge in [0.25, 0.3) is 0 Å². The van der Waals surface area contributed by atoms with Crippen LogP contribution in [0.4, 0.5) is 0 Å². The summed E-state index contributed by atoms with van der Waals surface area (Å²) in [5.74, 6) is -0.951. The predicted octanol–water partition coefficient (Wildman–Crippen LogP) is 5.82. The summed E-state index contributed by atoms with van der Waals surface area (Å²) in [5.41, 5.74) is 3.55. The molecule has 0 saturated carbocycles. The summed E-state index contributed by atoms with van der Waals surface area (Å²) < 4.78 is 3.56. The molecule has 8 nitrogen and oxygen atoms in total. The number of carboxylic acids is 1. The first-order chi connectivity index (χ1) is 19.2. The number of carbonyl (C=O) groups is 1. The standard InChI is InChI=1S/C13H8N2O2.2C9H7N2.Ir/c16-13(17)10-5-7-15-12-9(10)4-3-8-2-1-6-14-11(8)12;2*1-2-5-9(6-3-1)11-8-4-7-10-11;/h1-7H,(H,16,17);2*1-5,7-8H;/q;2*-1;. The first-order valence-electron chi connectivity index (χ1n) is 12.0. The normalized spacial score (nSPS) is 10.0. The number of para-hydroxylation sites is 2. The summed E-state index contributed by atoms with van der Waals surface area (Å²) in [6, 6.07) is 34.3. The maximum absolute atomic E-state index is 11.1. The van der Waals surface area contributed by atoms with Gasteiger partial charge in [0.15, 0.2) is 0 Å². The molecule has 0 saturated heterocycles. The topological polar surface area (TPSA) is 98.7 Å². The van der Waals surface area contributed by atoms with Crippen LogP contribution >= 0.6 is 0 Å².